The van der Waals surface area contributed by atoms with Crippen molar-refractivity contribution in [1.82, 2.24) is 24.4 Å². The van der Waals surface area contributed by atoms with Crippen LogP contribution in [0.25, 0.3) is 11.0 Å². The number of aromatic carboxylic acids is 1. The van der Waals surface area contributed by atoms with Crippen molar-refractivity contribution in [3.63, 3.8) is 0 Å². The fourth-order valence-corrected chi connectivity index (χ4v) is 5.01. The molecule has 0 amide bonds. The summed E-state index contributed by atoms with van der Waals surface area (Å²) >= 11 is 0. The van der Waals surface area contributed by atoms with Crippen LogP contribution in [0, 0.1) is 0 Å². The molecule has 0 radical (unpaired) electrons. The summed E-state index contributed by atoms with van der Waals surface area (Å²) in [6.45, 7) is 7.86. The van der Waals surface area contributed by atoms with Gasteiger partial charge in [0.15, 0.2) is 0 Å². The minimum Gasteiger partial charge on any atom is -0.478 e. The van der Waals surface area contributed by atoms with Gasteiger partial charge in [0.05, 0.1) is 22.3 Å². The molecule has 2 aliphatic rings. The summed E-state index contributed by atoms with van der Waals surface area (Å²) in [4.78, 5) is 29.0. The Morgan fingerprint density at radius 3 is 2.62 bits per heavy atom. The predicted molar refractivity (Wildman–Crippen MR) is 125 cm³/mol. The van der Waals surface area contributed by atoms with Crippen molar-refractivity contribution in [2.75, 3.05) is 36.4 Å². The van der Waals surface area contributed by atoms with E-state index in [9.17, 15) is 9.90 Å². The number of carboxylic acid groups (broad SMARTS) is 1. The van der Waals surface area contributed by atoms with Gasteiger partial charge in [-0.15, -0.1) is 0 Å². The van der Waals surface area contributed by atoms with E-state index in [1.807, 2.05) is 12.3 Å². The zero-order valence-corrected chi connectivity index (χ0v) is 18.7. The van der Waals surface area contributed by atoms with Crippen LogP contribution in [0.15, 0.2) is 24.5 Å². The monoisotopic (exact) mass is 437 g/mol. The van der Waals surface area contributed by atoms with E-state index in [-0.39, 0.29) is 0 Å². The summed E-state index contributed by atoms with van der Waals surface area (Å²) in [6, 6.07) is 4.56. The zero-order chi connectivity index (χ0) is 22.2. The van der Waals surface area contributed by atoms with Gasteiger partial charge < -0.3 is 19.6 Å². The minimum atomic E-state index is -0.928. The van der Waals surface area contributed by atoms with E-state index in [1.54, 1.807) is 12.3 Å². The molecule has 0 spiro atoms. The van der Waals surface area contributed by atoms with Crippen LogP contribution in [0.3, 0.4) is 0 Å². The smallest absolute Gasteiger partial charge is 0.337 e. The van der Waals surface area contributed by atoms with E-state index in [4.69, 9.17) is 0 Å². The van der Waals surface area contributed by atoms with Crippen LogP contribution >= 0.6 is 0 Å². The number of nitrogens with zero attached hydrogens (tertiary/aromatic N) is 5. The summed E-state index contributed by atoms with van der Waals surface area (Å²) in [7, 11) is 0. The highest BCUT2D eigenvalue weighted by Crippen LogP contribution is 2.33. The number of benzene rings is 1. The third-order valence-corrected chi connectivity index (χ3v) is 6.83. The van der Waals surface area contributed by atoms with Crippen LogP contribution in [0.4, 0.5) is 17.6 Å². The second kappa shape index (κ2) is 8.46. The molecule has 1 aromatic carbocycles. The zero-order valence-electron chi connectivity index (χ0n) is 18.7. The third-order valence-electron chi connectivity index (χ3n) is 6.83. The summed E-state index contributed by atoms with van der Waals surface area (Å²) in [5.74, 6) is 0.408. The second-order valence-corrected chi connectivity index (χ2v) is 9.12. The van der Waals surface area contributed by atoms with E-state index in [0.717, 1.165) is 43.3 Å². The Bertz CT molecular complexity index is 1100. The first-order valence-corrected chi connectivity index (χ1v) is 11.6. The molecule has 9 heteroatoms. The number of rotatable bonds is 6. The van der Waals surface area contributed by atoms with E-state index >= 15 is 0 Å². The van der Waals surface area contributed by atoms with Gasteiger partial charge >= 0.3 is 5.97 Å². The molecule has 9 nitrogen and oxygen atoms in total. The van der Waals surface area contributed by atoms with Gasteiger partial charge in [0, 0.05) is 50.7 Å². The number of hydrogen-bond acceptors (Lipinski definition) is 6. The molecule has 1 saturated carbocycles. The van der Waals surface area contributed by atoms with Crippen molar-refractivity contribution in [3.05, 3.63) is 30.1 Å². The molecule has 1 aliphatic carbocycles. The van der Waals surface area contributed by atoms with E-state index in [0.29, 0.717) is 29.1 Å². The lowest BCUT2D eigenvalue weighted by molar-refractivity contribution is 0.0697. The highest BCUT2D eigenvalue weighted by Gasteiger charge is 2.24. The molecule has 32 heavy (non-hydrogen) atoms. The van der Waals surface area contributed by atoms with Crippen molar-refractivity contribution in [3.8, 4) is 0 Å². The van der Waals surface area contributed by atoms with Crippen LogP contribution in [-0.2, 0) is 0 Å². The third kappa shape index (κ3) is 3.92. The standard InChI is InChI=1S/C23H31N7O2/c1-15(2)28-9-11-29(12-10-28)20-14-19-18(13-17(20)21(31)32)25-22(26-19)27-23-24-7-8-30(23)16-5-3-4-6-16/h7-8,13-16H,3-6,9-12H2,1-2H3,(H,31,32)(H2,24,25,26,27). The van der Waals surface area contributed by atoms with E-state index in [2.05, 4.69) is 48.5 Å². The minimum absolute atomic E-state index is 0.293. The van der Waals surface area contributed by atoms with Gasteiger partial charge in [0.2, 0.25) is 11.9 Å². The van der Waals surface area contributed by atoms with Gasteiger partial charge in [-0.1, -0.05) is 12.8 Å². The molecule has 0 unspecified atom stereocenters. The summed E-state index contributed by atoms with van der Waals surface area (Å²) in [5, 5.41) is 13.2. The van der Waals surface area contributed by atoms with Crippen molar-refractivity contribution in [1.29, 1.82) is 0 Å². The first-order valence-electron chi connectivity index (χ1n) is 11.6. The lowest BCUT2D eigenvalue weighted by Gasteiger charge is -2.38. The first-order chi connectivity index (χ1) is 15.5. The fourth-order valence-electron chi connectivity index (χ4n) is 5.01. The number of imidazole rings is 2. The van der Waals surface area contributed by atoms with Gasteiger partial charge in [-0.05, 0) is 38.8 Å². The van der Waals surface area contributed by atoms with Gasteiger partial charge in [0.1, 0.15) is 0 Å². The van der Waals surface area contributed by atoms with Crippen LogP contribution in [0.5, 0.6) is 0 Å². The topological polar surface area (TPSA) is 102 Å². The number of fused-ring (bicyclic) bond motifs is 1. The Kier molecular flexibility index (Phi) is 5.50. The number of hydrogen-bond donors (Lipinski definition) is 3. The average molecular weight is 438 g/mol. The number of aromatic nitrogens is 4. The molecule has 2 fully saturated rings. The van der Waals surface area contributed by atoms with Crippen LogP contribution in [0.2, 0.25) is 0 Å². The Balaban J connectivity index is 1.42. The summed E-state index contributed by atoms with van der Waals surface area (Å²) in [5.41, 5.74) is 2.49. The fraction of sp³-hybridized carbons (Fsp3) is 0.522. The van der Waals surface area contributed by atoms with Gasteiger partial charge in [-0.2, -0.15) is 0 Å². The normalized spacial score (nSPS) is 18.2. The average Bonchev–Trinajstić information content (AvgIpc) is 3.53. The SMILES string of the molecule is CC(C)N1CCN(c2cc3[nH]c(Nc4nccn4C4CCCC4)nc3cc2C(=O)O)CC1. The number of H-pyrrole nitrogens is 1. The number of carboxylic acids is 1. The largest absolute Gasteiger partial charge is 0.478 e. The Hall–Kier alpha value is -3.07. The van der Waals surface area contributed by atoms with Crippen molar-refractivity contribution in [2.45, 2.75) is 51.6 Å². The Morgan fingerprint density at radius 2 is 1.94 bits per heavy atom. The van der Waals surface area contributed by atoms with E-state index < -0.39 is 5.97 Å². The molecule has 0 atom stereocenters. The van der Waals surface area contributed by atoms with Gasteiger partial charge in [-0.3, -0.25) is 10.2 Å². The van der Waals surface area contributed by atoms with Crippen LogP contribution < -0.4 is 10.2 Å². The molecule has 0 bridgehead atoms. The molecule has 170 valence electrons. The highest BCUT2D eigenvalue weighted by atomic mass is 16.4. The number of nitrogens with one attached hydrogen (secondary N) is 2. The lowest BCUT2D eigenvalue weighted by atomic mass is 10.1. The highest BCUT2D eigenvalue weighted by molar-refractivity contribution is 6.00. The summed E-state index contributed by atoms with van der Waals surface area (Å²) in [6.07, 6.45) is 8.65. The Labute approximate surface area is 187 Å². The molecular formula is C23H31N7O2. The lowest BCUT2D eigenvalue weighted by Crippen LogP contribution is -2.49. The van der Waals surface area contributed by atoms with E-state index in [1.165, 1.54) is 25.7 Å². The molecule has 5 rings (SSSR count). The quantitative estimate of drug-likeness (QED) is 0.538. The number of aromatic amines is 1. The number of piperazine rings is 1. The molecule has 1 aliphatic heterocycles. The van der Waals surface area contributed by atoms with Crippen molar-refractivity contribution >= 4 is 34.6 Å². The van der Waals surface area contributed by atoms with Crippen molar-refractivity contribution in [2.24, 2.45) is 0 Å². The maximum Gasteiger partial charge on any atom is 0.337 e. The van der Waals surface area contributed by atoms with Gasteiger partial charge in [0.25, 0.3) is 0 Å². The molecule has 3 heterocycles. The summed E-state index contributed by atoms with van der Waals surface area (Å²) < 4.78 is 2.18. The molecule has 3 aromatic rings. The molecule has 1 saturated heterocycles. The molecule has 3 N–H and O–H groups in total. The van der Waals surface area contributed by atoms with Gasteiger partial charge in [-0.25, -0.2) is 14.8 Å². The Morgan fingerprint density at radius 1 is 1.19 bits per heavy atom. The number of anilines is 3. The first kappa shape index (κ1) is 20.8. The predicted octanol–water partition coefficient (Wildman–Crippen LogP) is 3.85. The number of carbonyl (C=O) groups is 1. The molecule has 2 aromatic heterocycles. The molecular weight excluding hydrogens is 406 g/mol. The van der Waals surface area contributed by atoms with Crippen LogP contribution in [-0.4, -0.2) is 67.7 Å². The van der Waals surface area contributed by atoms with Crippen molar-refractivity contribution < 1.29 is 9.90 Å². The second-order valence-electron chi connectivity index (χ2n) is 9.12. The maximum atomic E-state index is 12.0. The van der Waals surface area contributed by atoms with Crippen LogP contribution in [0.1, 0.15) is 55.9 Å². The maximum absolute atomic E-state index is 12.0.